The van der Waals surface area contributed by atoms with Crippen LogP contribution in [-0.2, 0) is 0 Å². The Balaban J connectivity index is 2.42. The van der Waals surface area contributed by atoms with E-state index in [1.165, 1.54) is 6.20 Å². The Bertz CT molecular complexity index is 587. The predicted octanol–water partition coefficient (Wildman–Crippen LogP) is 1.09. The lowest BCUT2D eigenvalue weighted by atomic mass is 10.1. The molecule has 1 aromatic heterocycles. The molecule has 0 fully saturated rings. The molecular weight excluding hydrogens is 218 g/mol. The van der Waals surface area contributed by atoms with E-state index in [1.54, 1.807) is 23.0 Å². The third-order valence-electron chi connectivity index (χ3n) is 2.51. The Morgan fingerprint density at radius 2 is 2.24 bits per heavy atom. The van der Waals surface area contributed by atoms with Crippen LogP contribution in [0.25, 0.3) is 5.69 Å². The topological polar surface area (TPSA) is 78.0 Å². The highest BCUT2D eigenvalue weighted by molar-refractivity contribution is 5.92. The van der Waals surface area contributed by atoms with Gasteiger partial charge in [-0.3, -0.25) is 9.59 Å². The number of primary amides is 1. The van der Waals surface area contributed by atoms with Crippen LogP contribution in [0.2, 0.25) is 0 Å². The summed E-state index contributed by atoms with van der Waals surface area (Å²) >= 11 is 0. The van der Waals surface area contributed by atoms with Gasteiger partial charge < -0.3 is 5.73 Å². The first-order valence-corrected chi connectivity index (χ1v) is 5.02. The highest BCUT2D eigenvalue weighted by atomic mass is 16.1. The summed E-state index contributed by atoms with van der Waals surface area (Å²) in [5.41, 5.74) is 7.76. The Kier molecular flexibility index (Phi) is 2.74. The lowest BCUT2D eigenvalue weighted by Gasteiger charge is -2.04. The van der Waals surface area contributed by atoms with Gasteiger partial charge in [-0.05, 0) is 30.7 Å². The van der Waals surface area contributed by atoms with Gasteiger partial charge in [-0.25, -0.2) is 4.68 Å². The number of aryl methyl sites for hydroxylation is 1. The largest absolute Gasteiger partial charge is 0.366 e. The molecule has 17 heavy (non-hydrogen) atoms. The van der Waals surface area contributed by atoms with Gasteiger partial charge in [0.25, 0.3) is 5.91 Å². The number of rotatable bonds is 3. The van der Waals surface area contributed by atoms with Crippen molar-refractivity contribution in [2.24, 2.45) is 5.73 Å². The van der Waals surface area contributed by atoms with Crippen molar-refractivity contribution in [2.45, 2.75) is 6.92 Å². The molecule has 0 spiro atoms. The first-order valence-electron chi connectivity index (χ1n) is 5.02. The molecule has 0 unspecified atom stereocenters. The van der Waals surface area contributed by atoms with E-state index in [2.05, 4.69) is 5.10 Å². The molecule has 0 saturated heterocycles. The number of nitrogens with zero attached hydrogens (tertiary/aromatic N) is 2. The van der Waals surface area contributed by atoms with Crippen molar-refractivity contribution in [1.82, 2.24) is 9.78 Å². The highest BCUT2D eigenvalue weighted by Gasteiger charge is 2.06. The van der Waals surface area contributed by atoms with Gasteiger partial charge in [0.05, 0.1) is 17.4 Å². The van der Waals surface area contributed by atoms with Gasteiger partial charge in [-0.15, -0.1) is 0 Å². The first kappa shape index (κ1) is 11.1. The van der Waals surface area contributed by atoms with Gasteiger partial charge in [-0.1, -0.05) is 0 Å². The van der Waals surface area contributed by atoms with Crippen LogP contribution in [-0.4, -0.2) is 22.0 Å². The molecule has 5 heteroatoms. The average molecular weight is 229 g/mol. The molecule has 2 aromatic rings. The number of hydrogen-bond donors (Lipinski definition) is 1. The Morgan fingerprint density at radius 1 is 1.47 bits per heavy atom. The number of hydrogen-bond acceptors (Lipinski definition) is 3. The molecule has 1 amide bonds. The van der Waals surface area contributed by atoms with Gasteiger partial charge in [0.15, 0.2) is 0 Å². The fraction of sp³-hybridized carbons (Fsp3) is 0.0833. The number of aromatic nitrogens is 2. The van der Waals surface area contributed by atoms with Crippen LogP contribution in [0.3, 0.4) is 0 Å². The van der Waals surface area contributed by atoms with E-state index in [0.29, 0.717) is 11.1 Å². The summed E-state index contributed by atoms with van der Waals surface area (Å²) in [6.45, 7) is 1.84. The van der Waals surface area contributed by atoms with E-state index in [9.17, 15) is 9.59 Å². The van der Waals surface area contributed by atoms with E-state index in [1.807, 2.05) is 13.0 Å². The minimum absolute atomic E-state index is 0.349. The smallest absolute Gasteiger partial charge is 0.251 e. The molecule has 2 rings (SSSR count). The van der Waals surface area contributed by atoms with Gasteiger partial charge >= 0.3 is 0 Å². The fourth-order valence-corrected chi connectivity index (χ4v) is 1.53. The van der Waals surface area contributed by atoms with E-state index in [4.69, 9.17) is 5.73 Å². The molecule has 0 atom stereocenters. The molecular formula is C12H11N3O2. The summed E-state index contributed by atoms with van der Waals surface area (Å²) in [5, 5.41) is 4.03. The molecule has 5 nitrogen and oxygen atoms in total. The average Bonchev–Trinajstić information content (AvgIpc) is 2.78. The van der Waals surface area contributed by atoms with E-state index in [0.717, 1.165) is 17.5 Å². The fourth-order valence-electron chi connectivity index (χ4n) is 1.53. The zero-order valence-corrected chi connectivity index (χ0v) is 9.25. The Labute approximate surface area is 97.9 Å². The standard InChI is InChI=1S/C12H11N3O2/c1-8-4-11(3-2-9(8)7-16)15-6-10(5-14-15)12(13)17/h2-7H,1H3,(H2,13,17). The maximum Gasteiger partial charge on any atom is 0.251 e. The summed E-state index contributed by atoms with van der Waals surface area (Å²) in [6.07, 6.45) is 3.76. The van der Waals surface area contributed by atoms with Crippen LogP contribution in [0.15, 0.2) is 30.6 Å². The highest BCUT2D eigenvalue weighted by Crippen LogP contribution is 2.13. The van der Waals surface area contributed by atoms with Crippen molar-refractivity contribution in [3.8, 4) is 5.69 Å². The molecule has 0 aliphatic carbocycles. The van der Waals surface area contributed by atoms with Crippen molar-refractivity contribution in [1.29, 1.82) is 0 Å². The van der Waals surface area contributed by atoms with Crippen LogP contribution in [0.1, 0.15) is 26.3 Å². The second-order valence-corrected chi connectivity index (χ2v) is 3.70. The SMILES string of the molecule is Cc1cc(-n2cc(C(N)=O)cn2)ccc1C=O. The summed E-state index contributed by atoms with van der Waals surface area (Å²) in [6, 6.07) is 5.29. The summed E-state index contributed by atoms with van der Waals surface area (Å²) in [4.78, 5) is 21.6. The summed E-state index contributed by atoms with van der Waals surface area (Å²) < 4.78 is 1.54. The van der Waals surface area contributed by atoms with Gasteiger partial charge in [0.1, 0.15) is 6.29 Å². The zero-order chi connectivity index (χ0) is 12.4. The van der Waals surface area contributed by atoms with Crippen molar-refractivity contribution >= 4 is 12.2 Å². The van der Waals surface area contributed by atoms with E-state index >= 15 is 0 Å². The lowest BCUT2D eigenvalue weighted by Crippen LogP contribution is -2.09. The second kappa shape index (κ2) is 4.21. The zero-order valence-electron chi connectivity index (χ0n) is 9.25. The lowest BCUT2D eigenvalue weighted by molar-refractivity contribution is 0.1000. The molecule has 0 bridgehead atoms. The van der Waals surface area contributed by atoms with Crippen LogP contribution in [0.4, 0.5) is 0 Å². The summed E-state index contributed by atoms with van der Waals surface area (Å²) in [5.74, 6) is -0.516. The van der Waals surface area contributed by atoms with Crippen molar-refractivity contribution < 1.29 is 9.59 Å². The first-order chi connectivity index (χ1) is 8.11. The monoisotopic (exact) mass is 229 g/mol. The Hall–Kier alpha value is -2.43. The number of amides is 1. The molecule has 1 aromatic carbocycles. The number of nitrogens with two attached hydrogens (primary N) is 1. The minimum atomic E-state index is -0.516. The number of carbonyl (C=O) groups is 2. The molecule has 0 saturated carbocycles. The van der Waals surface area contributed by atoms with E-state index < -0.39 is 5.91 Å². The maximum atomic E-state index is 10.9. The van der Waals surface area contributed by atoms with Gasteiger partial charge in [0, 0.05) is 11.8 Å². The minimum Gasteiger partial charge on any atom is -0.366 e. The van der Waals surface area contributed by atoms with Crippen molar-refractivity contribution in [3.05, 3.63) is 47.3 Å². The van der Waals surface area contributed by atoms with Gasteiger partial charge in [-0.2, -0.15) is 5.10 Å². The van der Waals surface area contributed by atoms with Gasteiger partial charge in [0.2, 0.25) is 0 Å². The molecule has 86 valence electrons. The quantitative estimate of drug-likeness (QED) is 0.800. The van der Waals surface area contributed by atoms with Crippen LogP contribution < -0.4 is 5.73 Å². The van der Waals surface area contributed by atoms with Crippen molar-refractivity contribution in [3.63, 3.8) is 0 Å². The normalized spacial score (nSPS) is 10.2. The summed E-state index contributed by atoms with van der Waals surface area (Å²) in [7, 11) is 0. The third kappa shape index (κ3) is 2.08. The number of aldehydes is 1. The van der Waals surface area contributed by atoms with E-state index in [-0.39, 0.29) is 0 Å². The number of carbonyl (C=O) groups excluding carboxylic acids is 2. The Morgan fingerprint density at radius 3 is 2.76 bits per heavy atom. The van der Waals surface area contributed by atoms with Crippen LogP contribution in [0.5, 0.6) is 0 Å². The van der Waals surface area contributed by atoms with Crippen LogP contribution in [0, 0.1) is 6.92 Å². The molecule has 0 aliphatic rings. The van der Waals surface area contributed by atoms with Crippen molar-refractivity contribution in [2.75, 3.05) is 0 Å². The molecule has 0 aliphatic heterocycles. The molecule has 1 heterocycles. The second-order valence-electron chi connectivity index (χ2n) is 3.70. The third-order valence-corrected chi connectivity index (χ3v) is 2.51. The van der Waals surface area contributed by atoms with Crippen LogP contribution >= 0.6 is 0 Å². The number of benzene rings is 1. The molecule has 2 N–H and O–H groups in total. The maximum absolute atomic E-state index is 10.9. The molecule has 0 radical (unpaired) electrons. The predicted molar refractivity (Wildman–Crippen MR) is 62.2 cm³/mol.